The van der Waals surface area contributed by atoms with Crippen LogP contribution in [0, 0.1) is 23.0 Å². The van der Waals surface area contributed by atoms with E-state index in [1.807, 2.05) is 48.5 Å². The first kappa shape index (κ1) is 28.8. The molecule has 1 amide bonds. The molecule has 8 nitrogen and oxygen atoms in total. The van der Waals surface area contributed by atoms with Crippen LogP contribution in [0.1, 0.15) is 66.9 Å². The maximum absolute atomic E-state index is 12.9. The third-order valence-corrected chi connectivity index (χ3v) is 3.25. The highest BCUT2D eigenvalue weighted by molar-refractivity contribution is 5.68. The molecular weight excluding hydrogens is 381 g/mol. The van der Waals surface area contributed by atoms with E-state index in [-0.39, 0.29) is 17.4 Å². The van der Waals surface area contributed by atoms with E-state index in [0.29, 0.717) is 5.56 Å². The Balaban J connectivity index is 0. The van der Waals surface area contributed by atoms with Crippen LogP contribution in [0.15, 0.2) is 6.07 Å². The number of likely N-dealkylation sites (tertiary alicyclic amines) is 1. The number of halogens is 1. The van der Waals surface area contributed by atoms with Crippen LogP contribution >= 0.6 is 0 Å². The van der Waals surface area contributed by atoms with Gasteiger partial charge >= 0.3 is 17.9 Å². The minimum atomic E-state index is -0.964. The molecule has 0 unspecified atom stereocenters. The zero-order chi connectivity index (χ0) is 23.2. The van der Waals surface area contributed by atoms with Crippen molar-refractivity contribution in [1.29, 1.82) is 0 Å². The fourth-order valence-electron chi connectivity index (χ4n) is 2.17. The Kier molecular flexibility index (Phi) is 14.4. The van der Waals surface area contributed by atoms with E-state index in [2.05, 4.69) is 9.72 Å². The van der Waals surface area contributed by atoms with Gasteiger partial charge in [0.25, 0.3) is 0 Å². The number of carbonyl (C=O) groups excluding carboxylic acids is 1. The van der Waals surface area contributed by atoms with Crippen molar-refractivity contribution in [3.05, 3.63) is 27.7 Å². The summed E-state index contributed by atoms with van der Waals surface area (Å²) in [4.78, 5) is 25.7. The normalized spacial score (nSPS) is 12.3. The number of rotatable bonds is 2. The topological polar surface area (TPSA) is 94.8 Å². The van der Waals surface area contributed by atoms with Crippen LogP contribution in [-0.2, 0) is 4.74 Å². The highest BCUT2D eigenvalue weighted by Gasteiger charge is 2.24. The fraction of sp³-hybridized carbons (Fsp3) is 0.700. The molecule has 2 rings (SSSR count). The van der Waals surface area contributed by atoms with Gasteiger partial charge in [0.1, 0.15) is 5.60 Å². The van der Waals surface area contributed by atoms with Crippen molar-refractivity contribution in [3.63, 3.8) is 0 Å². The van der Waals surface area contributed by atoms with Gasteiger partial charge in [-0.05, 0) is 50.4 Å². The molecule has 0 bridgehead atoms. The molecule has 29 heavy (non-hydrogen) atoms. The molecule has 1 aliphatic heterocycles. The Labute approximate surface area is 173 Å². The van der Waals surface area contributed by atoms with Crippen molar-refractivity contribution in [2.45, 2.75) is 73.8 Å². The molecule has 2 heterocycles. The van der Waals surface area contributed by atoms with Crippen LogP contribution in [0.2, 0.25) is 0 Å². The van der Waals surface area contributed by atoms with Crippen molar-refractivity contribution in [3.8, 4) is 5.75 Å². The first-order valence-electron chi connectivity index (χ1n) is 9.88. The molecule has 0 aromatic carbocycles. The average Bonchev–Trinajstić information content (AvgIpc) is 3.19. The largest absolute Gasteiger partial charge is 0.490 e. The third kappa shape index (κ3) is 11.2. The minimum absolute atomic E-state index is 0.0643. The smallest absolute Gasteiger partial charge is 0.410 e. The van der Waals surface area contributed by atoms with Crippen LogP contribution < -0.4 is 4.74 Å². The molecule has 0 N–H and O–H groups in total. The van der Waals surface area contributed by atoms with Crippen molar-refractivity contribution >= 4 is 11.9 Å². The predicted octanol–water partition coefficient (Wildman–Crippen LogP) is 5.52. The van der Waals surface area contributed by atoms with Crippen LogP contribution in [0.25, 0.3) is 0 Å². The van der Waals surface area contributed by atoms with E-state index >= 15 is 0 Å². The summed E-state index contributed by atoms with van der Waals surface area (Å²) in [6.45, 7) is 16.9. The fourth-order valence-corrected chi connectivity index (χ4v) is 2.17. The SMILES string of the molecule is CC.CC.CC(C)(C)OC(=O)N1CCCC1.COc1c(C)cc([N+](=O)[O-])nc1F. The summed E-state index contributed by atoms with van der Waals surface area (Å²) in [5.41, 5.74) is -0.0126. The Morgan fingerprint density at radius 2 is 1.69 bits per heavy atom. The molecule has 1 fully saturated rings. The number of ether oxygens (including phenoxy) is 2. The summed E-state index contributed by atoms with van der Waals surface area (Å²) in [6.07, 6.45) is 2.05. The molecule has 0 atom stereocenters. The van der Waals surface area contributed by atoms with Gasteiger partial charge in [-0.3, -0.25) is 0 Å². The Morgan fingerprint density at radius 1 is 1.21 bits per heavy atom. The highest BCUT2D eigenvalue weighted by Crippen LogP contribution is 2.23. The monoisotopic (exact) mass is 417 g/mol. The van der Waals surface area contributed by atoms with Gasteiger partial charge in [-0.2, -0.15) is 4.39 Å². The maximum atomic E-state index is 12.9. The van der Waals surface area contributed by atoms with E-state index in [1.54, 1.807) is 4.90 Å². The molecule has 1 aromatic heterocycles. The minimum Gasteiger partial charge on any atom is -0.490 e. The molecule has 1 aromatic rings. The molecule has 1 aliphatic rings. The second kappa shape index (κ2) is 14.5. The average molecular weight is 418 g/mol. The molecule has 0 spiro atoms. The number of nitrogens with zero attached hydrogens (tertiary/aromatic N) is 3. The summed E-state index contributed by atoms with van der Waals surface area (Å²) in [5, 5.41) is 10.2. The standard InChI is InChI=1S/C9H17NO2.C7H7FN2O3.2C2H6/c1-9(2,3)12-8(11)10-6-4-5-7-10;1-4-3-5(10(11)12)9-7(8)6(4)13-2;2*1-2/h4-7H2,1-3H3;3H,1-2H3;2*1-2H3. The number of amides is 1. The van der Waals surface area contributed by atoms with Gasteiger partial charge in [0.05, 0.1) is 7.11 Å². The van der Waals surface area contributed by atoms with Gasteiger partial charge < -0.3 is 24.5 Å². The molecule has 0 radical (unpaired) electrons. The lowest BCUT2D eigenvalue weighted by atomic mass is 10.2. The van der Waals surface area contributed by atoms with E-state index in [0.717, 1.165) is 32.0 Å². The van der Waals surface area contributed by atoms with Crippen LogP contribution in [-0.4, -0.2) is 46.7 Å². The number of hydrogen-bond donors (Lipinski definition) is 0. The second-order valence-electron chi connectivity index (χ2n) is 6.55. The molecular formula is C20H36FN3O5. The molecule has 0 aliphatic carbocycles. The van der Waals surface area contributed by atoms with Crippen molar-refractivity contribution in [2.24, 2.45) is 0 Å². The van der Waals surface area contributed by atoms with Crippen molar-refractivity contribution < 1.29 is 23.6 Å². The van der Waals surface area contributed by atoms with Gasteiger partial charge in [0.2, 0.25) is 5.75 Å². The maximum Gasteiger partial charge on any atom is 0.410 e. The van der Waals surface area contributed by atoms with Gasteiger partial charge in [-0.25, -0.2) is 4.79 Å². The van der Waals surface area contributed by atoms with Crippen LogP contribution in [0.4, 0.5) is 15.0 Å². The van der Waals surface area contributed by atoms with Crippen molar-refractivity contribution in [2.75, 3.05) is 20.2 Å². The van der Waals surface area contributed by atoms with E-state index in [9.17, 15) is 19.3 Å². The van der Waals surface area contributed by atoms with Crippen LogP contribution in [0.3, 0.4) is 0 Å². The molecule has 1 saturated heterocycles. The number of methoxy groups -OCH3 is 1. The zero-order valence-electron chi connectivity index (χ0n) is 19.2. The number of carbonyl (C=O) groups is 1. The number of hydrogen-bond acceptors (Lipinski definition) is 6. The summed E-state index contributed by atoms with van der Waals surface area (Å²) >= 11 is 0. The lowest BCUT2D eigenvalue weighted by Gasteiger charge is -2.23. The third-order valence-electron chi connectivity index (χ3n) is 3.25. The van der Waals surface area contributed by atoms with Crippen molar-refractivity contribution in [1.82, 2.24) is 9.88 Å². The zero-order valence-corrected chi connectivity index (χ0v) is 19.2. The number of aryl methyl sites for hydroxylation is 1. The molecule has 0 saturated carbocycles. The summed E-state index contributed by atoms with van der Waals surface area (Å²) in [5.74, 6) is -1.55. The van der Waals surface area contributed by atoms with Gasteiger partial charge in [-0.15, -0.1) is 0 Å². The van der Waals surface area contributed by atoms with E-state index in [4.69, 9.17) is 4.74 Å². The van der Waals surface area contributed by atoms with E-state index in [1.165, 1.54) is 14.0 Å². The first-order valence-corrected chi connectivity index (χ1v) is 9.88. The first-order chi connectivity index (χ1) is 13.5. The number of nitro groups is 1. The predicted molar refractivity (Wildman–Crippen MR) is 112 cm³/mol. The summed E-state index contributed by atoms with van der Waals surface area (Å²) in [6, 6.07) is 1.15. The quantitative estimate of drug-likeness (QED) is 0.357. The Hall–Kier alpha value is -2.45. The van der Waals surface area contributed by atoms with E-state index < -0.39 is 16.7 Å². The van der Waals surface area contributed by atoms with Crippen LogP contribution in [0.5, 0.6) is 5.75 Å². The summed E-state index contributed by atoms with van der Waals surface area (Å²) in [7, 11) is 1.28. The molecule has 9 heteroatoms. The number of pyridine rings is 1. The van der Waals surface area contributed by atoms with Gasteiger partial charge in [0, 0.05) is 24.7 Å². The number of aromatic nitrogens is 1. The molecule has 168 valence electrons. The lowest BCUT2D eigenvalue weighted by molar-refractivity contribution is -0.390. The lowest BCUT2D eigenvalue weighted by Crippen LogP contribution is -2.34. The Bertz CT molecular complexity index is 604. The van der Waals surface area contributed by atoms with Gasteiger partial charge in [-0.1, -0.05) is 27.7 Å². The van der Waals surface area contributed by atoms with Gasteiger partial charge in [0.15, 0.2) is 0 Å². The second-order valence-corrected chi connectivity index (χ2v) is 6.55. The summed E-state index contributed by atoms with van der Waals surface area (Å²) < 4.78 is 22.8. The highest BCUT2D eigenvalue weighted by atomic mass is 19.1. The Morgan fingerprint density at radius 3 is 2.03 bits per heavy atom.